The van der Waals surface area contributed by atoms with Gasteiger partial charge in [-0.15, -0.1) is 0 Å². The van der Waals surface area contributed by atoms with E-state index >= 15 is 0 Å². The van der Waals surface area contributed by atoms with Gasteiger partial charge in [0.25, 0.3) is 0 Å². The molecule has 1 heterocycles. The van der Waals surface area contributed by atoms with Gasteiger partial charge in [-0.2, -0.15) is 11.8 Å². The van der Waals surface area contributed by atoms with Gasteiger partial charge in [0.15, 0.2) is 0 Å². The fourth-order valence-electron chi connectivity index (χ4n) is 2.82. The molecule has 1 N–H and O–H groups in total. The smallest absolute Gasteiger partial charge is 0.234 e. The average Bonchev–Trinajstić information content (AvgIpc) is 2.95. The predicted molar refractivity (Wildman–Crippen MR) is 88.3 cm³/mol. The first-order chi connectivity index (χ1) is 10.2. The summed E-state index contributed by atoms with van der Waals surface area (Å²) in [6.45, 7) is 3.25. The van der Waals surface area contributed by atoms with Crippen molar-refractivity contribution in [1.29, 1.82) is 0 Å². The minimum atomic E-state index is 0.0907. The number of pyridine rings is 1. The minimum Gasteiger partial charge on any atom is -0.351 e. The van der Waals surface area contributed by atoms with Crippen LogP contribution in [0, 0.1) is 0 Å². The largest absolute Gasteiger partial charge is 0.351 e. The van der Waals surface area contributed by atoms with Crippen molar-refractivity contribution >= 4 is 17.7 Å². The highest BCUT2D eigenvalue weighted by molar-refractivity contribution is 7.99. The monoisotopic (exact) mass is 307 g/mol. The molecule has 2 rings (SSSR count). The fraction of sp³-hybridized carbons (Fsp3) is 0.625. The van der Waals surface area contributed by atoms with Gasteiger partial charge in [0.1, 0.15) is 0 Å². The molecule has 116 valence electrons. The zero-order valence-electron chi connectivity index (χ0n) is 12.9. The van der Waals surface area contributed by atoms with Crippen LogP contribution in [0.4, 0.5) is 0 Å². The number of likely N-dealkylation sites (N-methyl/N-ethyl adjacent to an activating group) is 1. The standard InChI is InChI=1S/C16H25N3OS/c1-3-21-15-7-6-14(9-15)19(2)12-16(20)18-11-13-5-4-8-17-10-13/h4-5,8,10,14-15H,3,6-7,9,11-12H2,1-2H3,(H,18,20). The summed E-state index contributed by atoms with van der Waals surface area (Å²) in [7, 11) is 2.06. The van der Waals surface area contributed by atoms with Crippen LogP contribution in [-0.4, -0.2) is 46.4 Å². The van der Waals surface area contributed by atoms with Gasteiger partial charge in [0, 0.05) is 30.2 Å². The molecule has 0 aliphatic heterocycles. The van der Waals surface area contributed by atoms with Gasteiger partial charge in [-0.1, -0.05) is 13.0 Å². The van der Waals surface area contributed by atoms with Crippen molar-refractivity contribution < 1.29 is 4.79 Å². The summed E-state index contributed by atoms with van der Waals surface area (Å²) in [6.07, 6.45) is 7.23. The number of nitrogens with one attached hydrogen (secondary N) is 1. The highest BCUT2D eigenvalue weighted by Crippen LogP contribution is 2.31. The Morgan fingerprint density at radius 1 is 1.52 bits per heavy atom. The zero-order chi connectivity index (χ0) is 15.1. The molecule has 2 atom stereocenters. The van der Waals surface area contributed by atoms with E-state index in [1.165, 1.54) is 25.0 Å². The molecule has 0 saturated heterocycles. The second-order valence-corrected chi connectivity index (χ2v) is 7.17. The van der Waals surface area contributed by atoms with Crippen LogP contribution in [0.5, 0.6) is 0 Å². The van der Waals surface area contributed by atoms with Crippen molar-refractivity contribution in [3.63, 3.8) is 0 Å². The molecule has 1 fully saturated rings. The van der Waals surface area contributed by atoms with Gasteiger partial charge in [0.2, 0.25) is 5.91 Å². The minimum absolute atomic E-state index is 0.0907. The van der Waals surface area contributed by atoms with E-state index in [1.54, 1.807) is 12.4 Å². The lowest BCUT2D eigenvalue weighted by Crippen LogP contribution is -2.39. The van der Waals surface area contributed by atoms with Crippen LogP contribution in [0.1, 0.15) is 31.7 Å². The zero-order valence-corrected chi connectivity index (χ0v) is 13.7. The van der Waals surface area contributed by atoms with Crippen LogP contribution < -0.4 is 5.32 Å². The Bertz CT molecular complexity index is 440. The van der Waals surface area contributed by atoms with Gasteiger partial charge < -0.3 is 5.32 Å². The maximum absolute atomic E-state index is 12.0. The lowest BCUT2D eigenvalue weighted by atomic mass is 10.2. The number of amides is 1. The first-order valence-corrected chi connectivity index (χ1v) is 8.71. The molecule has 1 aliphatic rings. The summed E-state index contributed by atoms with van der Waals surface area (Å²) in [6, 6.07) is 4.41. The first kappa shape index (κ1) is 16.3. The maximum Gasteiger partial charge on any atom is 0.234 e. The summed E-state index contributed by atoms with van der Waals surface area (Å²) in [5, 5.41) is 3.74. The SMILES string of the molecule is CCSC1CCC(N(C)CC(=O)NCc2cccnc2)C1. The van der Waals surface area contributed by atoms with Crippen LogP contribution in [-0.2, 0) is 11.3 Å². The number of hydrogen-bond acceptors (Lipinski definition) is 4. The van der Waals surface area contributed by atoms with Gasteiger partial charge in [-0.05, 0) is 43.7 Å². The number of nitrogens with zero attached hydrogens (tertiary/aromatic N) is 2. The molecule has 21 heavy (non-hydrogen) atoms. The third kappa shape index (κ3) is 5.32. The van der Waals surface area contributed by atoms with E-state index in [9.17, 15) is 4.79 Å². The number of carbonyl (C=O) groups is 1. The number of thioether (sulfide) groups is 1. The van der Waals surface area contributed by atoms with Crippen LogP contribution >= 0.6 is 11.8 Å². The number of aromatic nitrogens is 1. The fourth-order valence-corrected chi connectivity index (χ4v) is 3.95. The number of rotatable bonds is 7. The predicted octanol–water partition coefficient (Wildman–Crippen LogP) is 2.30. The van der Waals surface area contributed by atoms with Gasteiger partial charge in [-0.3, -0.25) is 14.7 Å². The Morgan fingerprint density at radius 3 is 3.10 bits per heavy atom. The van der Waals surface area contributed by atoms with Crippen LogP contribution in [0.15, 0.2) is 24.5 Å². The molecule has 1 aliphatic carbocycles. The second-order valence-electron chi connectivity index (χ2n) is 5.60. The normalized spacial score (nSPS) is 21.7. The third-order valence-electron chi connectivity index (χ3n) is 3.99. The molecule has 2 unspecified atom stereocenters. The Labute approximate surface area is 131 Å². The van der Waals surface area contributed by atoms with Crippen LogP contribution in [0.2, 0.25) is 0 Å². The van der Waals surface area contributed by atoms with Crippen molar-refractivity contribution in [3.05, 3.63) is 30.1 Å². The van der Waals surface area contributed by atoms with E-state index in [-0.39, 0.29) is 5.91 Å². The molecule has 0 radical (unpaired) electrons. The molecule has 4 nitrogen and oxygen atoms in total. The van der Waals surface area contributed by atoms with E-state index in [1.807, 2.05) is 12.1 Å². The summed E-state index contributed by atoms with van der Waals surface area (Å²) in [5.74, 6) is 1.28. The van der Waals surface area contributed by atoms with E-state index < -0.39 is 0 Å². The van der Waals surface area contributed by atoms with E-state index in [0.717, 1.165) is 10.8 Å². The number of carbonyl (C=O) groups excluding carboxylic acids is 1. The summed E-state index contributed by atoms with van der Waals surface area (Å²) < 4.78 is 0. The molecular weight excluding hydrogens is 282 g/mol. The molecule has 0 bridgehead atoms. The quantitative estimate of drug-likeness (QED) is 0.839. The molecule has 5 heteroatoms. The molecule has 1 saturated carbocycles. The van der Waals surface area contributed by atoms with E-state index in [2.05, 4.69) is 40.9 Å². The lowest BCUT2D eigenvalue weighted by molar-refractivity contribution is -0.122. The van der Waals surface area contributed by atoms with Crippen molar-refractivity contribution in [1.82, 2.24) is 15.2 Å². The Balaban J connectivity index is 1.70. The van der Waals surface area contributed by atoms with Gasteiger partial charge in [0.05, 0.1) is 6.54 Å². The Hall–Kier alpha value is -1.07. The number of hydrogen-bond donors (Lipinski definition) is 1. The molecular formula is C16H25N3OS. The van der Waals surface area contributed by atoms with Gasteiger partial charge in [-0.25, -0.2) is 0 Å². The third-order valence-corrected chi connectivity index (χ3v) is 5.22. The molecule has 0 aromatic carbocycles. The van der Waals surface area contributed by atoms with Crippen LogP contribution in [0.3, 0.4) is 0 Å². The molecule has 1 amide bonds. The highest BCUT2D eigenvalue weighted by atomic mass is 32.2. The van der Waals surface area contributed by atoms with Crippen molar-refractivity contribution in [2.24, 2.45) is 0 Å². The van der Waals surface area contributed by atoms with E-state index in [0.29, 0.717) is 19.1 Å². The van der Waals surface area contributed by atoms with Crippen molar-refractivity contribution in [3.8, 4) is 0 Å². The topological polar surface area (TPSA) is 45.2 Å². The Kier molecular flexibility index (Phi) is 6.51. The summed E-state index contributed by atoms with van der Waals surface area (Å²) >= 11 is 2.05. The van der Waals surface area contributed by atoms with E-state index in [4.69, 9.17) is 0 Å². The first-order valence-electron chi connectivity index (χ1n) is 7.66. The molecule has 1 aromatic rings. The highest BCUT2D eigenvalue weighted by Gasteiger charge is 2.28. The van der Waals surface area contributed by atoms with Crippen molar-refractivity contribution in [2.45, 2.75) is 44.0 Å². The lowest BCUT2D eigenvalue weighted by Gasteiger charge is -2.23. The molecule has 0 spiro atoms. The maximum atomic E-state index is 12.0. The van der Waals surface area contributed by atoms with Gasteiger partial charge >= 0.3 is 0 Å². The molecule has 1 aromatic heterocycles. The van der Waals surface area contributed by atoms with Crippen molar-refractivity contribution in [2.75, 3.05) is 19.3 Å². The van der Waals surface area contributed by atoms with Crippen LogP contribution in [0.25, 0.3) is 0 Å². The summed E-state index contributed by atoms with van der Waals surface area (Å²) in [4.78, 5) is 18.3. The average molecular weight is 307 g/mol. The summed E-state index contributed by atoms with van der Waals surface area (Å²) in [5.41, 5.74) is 1.04. The second kappa shape index (κ2) is 8.39. The Morgan fingerprint density at radius 2 is 2.38 bits per heavy atom.